The predicted octanol–water partition coefficient (Wildman–Crippen LogP) is 4.85. The van der Waals surface area contributed by atoms with Crippen LogP contribution in [0.25, 0.3) is 0 Å². The third kappa shape index (κ3) is 5.98. The molecule has 0 spiro atoms. The first kappa shape index (κ1) is 25.8. The highest BCUT2D eigenvalue weighted by Crippen LogP contribution is 2.38. The number of nitro benzene ring substituents is 1. The van der Waals surface area contributed by atoms with E-state index in [2.05, 4.69) is 0 Å². The van der Waals surface area contributed by atoms with Crippen LogP contribution in [0.4, 0.5) is 10.1 Å². The topological polar surface area (TPSA) is 91.1 Å². The zero-order valence-electron chi connectivity index (χ0n) is 19.4. The van der Waals surface area contributed by atoms with Crippen LogP contribution in [-0.4, -0.2) is 59.4 Å². The number of thioether (sulfide) groups is 1. The van der Waals surface area contributed by atoms with Gasteiger partial charge in [0.1, 0.15) is 23.8 Å². The molecule has 184 valence electrons. The van der Waals surface area contributed by atoms with Crippen molar-refractivity contribution in [1.29, 1.82) is 0 Å². The number of benzene rings is 2. The molecule has 1 fully saturated rings. The lowest BCUT2D eigenvalue weighted by atomic mass is 10.1. The Hall–Kier alpha value is -2.85. The first-order chi connectivity index (χ1) is 16.4. The van der Waals surface area contributed by atoms with Crippen molar-refractivity contribution in [3.8, 4) is 11.5 Å². The molecule has 1 aliphatic rings. The Labute approximate surface area is 202 Å². The lowest BCUT2D eigenvalue weighted by molar-refractivity contribution is -0.385. The van der Waals surface area contributed by atoms with Crippen LogP contribution in [0.2, 0.25) is 0 Å². The molecule has 2 aromatic rings. The summed E-state index contributed by atoms with van der Waals surface area (Å²) in [6.45, 7) is 4.22. The average molecular weight is 493 g/mol. The maximum Gasteiger partial charge on any atom is 0.286 e. The predicted molar refractivity (Wildman–Crippen MR) is 128 cm³/mol. The zero-order valence-corrected chi connectivity index (χ0v) is 20.3. The number of alkyl halides is 1. The van der Waals surface area contributed by atoms with Gasteiger partial charge in [0.25, 0.3) is 11.6 Å². The van der Waals surface area contributed by atoms with Crippen LogP contribution in [0.1, 0.15) is 36.2 Å². The third-order valence-electron chi connectivity index (χ3n) is 5.48. The van der Waals surface area contributed by atoms with E-state index in [9.17, 15) is 19.3 Å². The van der Waals surface area contributed by atoms with Crippen molar-refractivity contribution in [3.05, 3.63) is 63.7 Å². The Bertz CT molecular complexity index is 987. The minimum atomic E-state index is -1.23. The molecule has 1 aliphatic heterocycles. The Morgan fingerprint density at radius 2 is 2.00 bits per heavy atom. The van der Waals surface area contributed by atoms with E-state index in [1.165, 1.54) is 35.9 Å². The van der Waals surface area contributed by atoms with Crippen molar-refractivity contribution in [2.24, 2.45) is 0 Å². The van der Waals surface area contributed by atoms with E-state index in [-0.39, 0.29) is 36.6 Å². The molecule has 1 heterocycles. The highest BCUT2D eigenvalue weighted by molar-refractivity contribution is 7.99. The quantitative estimate of drug-likeness (QED) is 0.252. The Kier molecular flexibility index (Phi) is 9.12. The van der Waals surface area contributed by atoms with E-state index in [1.807, 2.05) is 44.2 Å². The number of methoxy groups -OCH3 is 1. The van der Waals surface area contributed by atoms with Gasteiger partial charge in [-0.2, -0.15) is 0 Å². The minimum Gasteiger partial charge on any atom is -0.493 e. The molecular weight excluding hydrogens is 463 g/mol. The lowest BCUT2D eigenvalue weighted by Gasteiger charge is -2.30. The summed E-state index contributed by atoms with van der Waals surface area (Å²) in [6, 6.07) is 11.3. The molecular formula is C24H29FN2O6S. The van der Waals surface area contributed by atoms with Gasteiger partial charge in [-0.25, -0.2) is 4.39 Å². The fourth-order valence-corrected chi connectivity index (χ4v) is 4.98. The number of hydrogen-bond donors (Lipinski definition) is 0. The monoisotopic (exact) mass is 492 g/mol. The molecule has 2 aromatic carbocycles. The number of nitrogens with zero attached hydrogens (tertiary/aromatic N) is 2. The molecule has 3 atom stereocenters. The van der Waals surface area contributed by atoms with E-state index >= 15 is 0 Å². The molecule has 3 rings (SSSR count). The van der Waals surface area contributed by atoms with Gasteiger partial charge in [-0.3, -0.25) is 14.9 Å². The zero-order chi connectivity index (χ0) is 24.7. The van der Waals surface area contributed by atoms with Gasteiger partial charge in [0, 0.05) is 19.1 Å². The van der Waals surface area contributed by atoms with Gasteiger partial charge in [0.15, 0.2) is 11.5 Å². The molecule has 1 saturated heterocycles. The van der Waals surface area contributed by atoms with Crippen LogP contribution in [-0.2, 0) is 11.3 Å². The smallest absolute Gasteiger partial charge is 0.286 e. The molecule has 0 aromatic heterocycles. The molecule has 10 heteroatoms. The van der Waals surface area contributed by atoms with Gasteiger partial charge in [-0.05, 0) is 18.2 Å². The number of likely N-dealkylation sites (tertiary alicyclic amines) is 1. The summed E-state index contributed by atoms with van der Waals surface area (Å²) in [5, 5.41) is 11.9. The van der Waals surface area contributed by atoms with Crippen LogP contribution < -0.4 is 9.47 Å². The van der Waals surface area contributed by atoms with Crippen LogP contribution in [0, 0.1) is 10.1 Å². The highest BCUT2D eigenvalue weighted by atomic mass is 32.2. The van der Waals surface area contributed by atoms with E-state index < -0.39 is 34.2 Å². The number of carbonyl (C=O) groups excluding carboxylic acids is 1. The van der Waals surface area contributed by atoms with E-state index in [0.717, 1.165) is 11.3 Å². The number of ether oxygens (including phenoxy) is 3. The summed E-state index contributed by atoms with van der Waals surface area (Å²) < 4.78 is 31.3. The van der Waals surface area contributed by atoms with Gasteiger partial charge in [-0.1, -0.05) is 37.3 Å². The molecule has 0 radical (unpaired) electrons. The first-order valence-electron chi connectivity index (χ1n) is 11.1. The second-order valence-corrected chi connectivity index (χ2v) is 9.06. The van der Waals surface area contributed by atoms with E-state index in [4.69, 9.17) is 14.2 Å². The molecule has 0 aliphatic carbocycles. The van der Waals surface area contributed by atoms with Crippen molar-refractivity contribution in [1.82, 2.24) is 4.90 Å². The number of hydrogen-bond acceptors (Lipinski definition) is 7. The van der Waals surface area contributed by atoms with Crippen molar-refractivity contribution in [2.75, 3.05) is 26.0 Å². The van der Waals surface area contributed by atoms with Gasteiger partial charge in [-0.15, -0.1) is 11.8 Å². The molecule has 2 unspecified atom stereocenters. The summed E-state index contributed by atoms with van der Waals surface area (Å²) >= 11 is 1.48. The Morgan fingerprint density at radius 3 is 2.62 bits per heavy atom. The molecule has 34 heavy (non-hydrogen) atoms. The third-order valence-corrected chi connectivity index (χ3v) is 6.59. The largest absolute Gasteiger partial charge is 0.493 e. The summed E-state index contributed by atoms with van der Waals surface area (Å²) in [7, 11) is 1.39. The number of rotatable bonds is 11. The molecule has 0 saturated carbocycles. The van der Waals surface area contributed by atoms with Crippen molar-refractivity contribution < 1.29 is 28.3 Å². The van der Waals surface area contributed by atoms with E-state index in [1.54, 1.807) is 0 Å². The van der Waals surface area contributed by atoms with Gasteiger partial charge >= 0.3 is 0 Å². The van der Waals surface area contributed by atoms with Crippen molar-refractivity contribution in [2.45, 2.75) is 44.5 Å². The number of amides is 1. The van der Waals surface area contributed by atoms with Crippen LogP contribution in [0.5, 0.6) is 11.5 Å². The summed E-state index contributed by atoms with van der Waals surface area (Å²) in [4.78, 5) is 26.1. The average Bonchev–Trinajstić information content (AvgIpc) is 3.23. The second-order valence-electron chi connectivity index (χ2n) is 7.69. The molecule has 1 amide bonds. The van der Waals surface area contributed by atoms with Gasteiger partial charge < -0.3 is 19.1 Å². The summed E-state index contributed by atoms with van der Waals surface area (Å²) in [6.07, 6.45) is -1.11. The first-order valence-corrected chi connectivity index (χ1v) is 12.2. The standard InChI is InChI=1S/C24H29FN2O6S/c1-4-32-24(34-5-2)20-11-17(25)14-26(20)23(28)18-12-21(31-3)22(13-19(18)27(29)30)33-15-16-9-7-6-8-10-16/h6-10,12-13,17,20,24H,4-5,11,14-15H2,1-3H3/t17?,20-,24?/m0/s1. The van der Waals surface area contributed by atoms with Crippen LogP contribution in [0.3, 0.4) is 0 Å². The normalized spacial score (nSPS) is 18.5. The second kappa shape index (κ2) is 12.0. The van der Waals surface area contributed by atoms with E-state index in [0.29, 0.717) is 6.61 Å². The maximum atomic E-state index is 14.4. The minimum absolute atomic E-state index is 0.118. The molecule has 0 bridgehead atoms. The fourth-order valence-electron chi connectivity index (χ4n) is 3.94. The number of nitro groups is 1. The van der Waals surface area contributed by atoms with Crippen LogP contribution >= 0.6 is 11.8 Å². The van der Waals surface area contributed by atoms with Crippen LogP contribution in [0.15, 0.2) is 42.5 Å². The summed E-state index contributed by atoms with van der Waals surface area (Å²) in [5.74, 6) is 0.416. The van der Waals surface area contributed by atoms with Gasteiger partial charge in [0.2, 0.25) is 0 Å². The highest BCUT2D eigenvalue weighted by Gasteiger charge is 2.42. The maximum absolute atomic E-state index is 14.4. The number of carbonyl (C=O) groups is 1. The van der Waals surface area contributed by atoms with Crippen molar-refractivity contribution >= 4 is 23.4 Å². The Balaban J connectivity index is 1.93. The molecule has 8 nitrogen and oxygen atoms in total. The Morgan fingerprint density at radius 1 is 1.26 bits per heavy atom. The lowest BCUT2D eigenvalue weighted by Crippen LogP contribution is -2.43. The van der Waals surface area contributed by atoms with Gasteiger partial charge in [0.05, 0.1) is 30.7 Å². The fraction of sp³-hybridized carbons (Fsp3) is 0.458. The number of halogens is 1. The summed E-state index contributed by atoms with van der Waals surface area (Å²) in [5.41, 5.74) is -0.151. The SMILES string of the molecule is CCOC(SCC)[C@@H]1CC(F)CN1C(=O)c1cc(OC)c(OCc2ccccc2)cc1[N+](=O)[O-]. The molecule has 0 N–H and O–H groups in total. The van der Waals surface area contributed by atoms with Crippen molar-refractivity contribution in [3.63, 3.8) is 0 Å².